The molecule has 0 radical (unpaired) electrons. The molecule has 0 fully saturated rings. The number of para-hydroxylation sites is 1. The van der Waals surface area contributed by atoms with Crippen molar-refractivity contribution in [3.8, 4) is 5.75 Å². The van der Waals surface area contributed by atoms with Gasteiger partial charge in [0.15, 0.2) is 0 Å². The zero-order valence-corrected chi connectivity index (χ0v) is 15.0. The van der Waals surface area contributed by atoms with E-state index in [9.17, 15) is 4.79 Å². The van der Waals surface area contributed by atoms with Crippen molar-refractivity contribution in [3.05, 3.63) is 81.3 Å². The van der Waals surface area contributed by atoms with E-state index in [1.165, 1.54) is 0 Å². The summed E-state index contributed by atoms with van der Waals surface area (Å²) in [6.07, 6.45) is 0. The van der Waals surface area contributed by atoms with Crippen LogP contribution in [0, 0.1) is 13.8 Å². The van der Waals surface area contributed by atoms with E-state index in [-0.39, 0.29) is 6.61 Å². The Bertz CT molecular complexity index is 873. The van der Waals surface area contributed by atoms with E-state index in [0.717, 1.165) is 21.8 Å². The summed E-state index contributed by atoms with van der Waals surface area (Å²) in [5.74, 6) is 0.108. The SMILES string of the molecule is Cc1nc(COc2ccccc2C(=O)OCc2ccccc2C)cs1. The number of aromatic nitrogens is 1. The Hall–Kier alpha value is -2.66. The normalized spacial score (nSPS) is 10.5. The molecule has 0 aliphatic heterocycles. The van der Waals surface area contributed by atoms with Gasteiger partial charge in [-0.1, -0.05) is 36.4 Å². The minimum Gasteiger partial charge on any atom is -0.486 e. The fraction of sp³-hybridized carbons (Fsp3) is 0.200. The van der Waals surface area contributed by atoms with Gasteiger partial charge in [0.2, 0.25) is 0 Å². The lowest BCUT2D eigenvalue weighted by Gasteiger charge is -2.11. The van der Waals surface area contributed by atoms with Crippen molar-refractivity contribution in [2.75, 3.05) is 0 Å². The van der Waals surface area contributed by atoms with E-state index >= 15 is 0 Å². The second-order valence-electron chi connectivity index (χ2n) is 5.65. The number of hydrogen-bond acceptors (Lipinski definition) is 5. The maximum atomic E-state index is 12.4. The van der Waals surface area contributed by atoms with E-state index in [1.807, 2.05) is 49.6 Å². The fourth-order valence-electron chi connectivity index (χ4n) is 2.38. The van der Waals surface area contributed by atoms with Crippen molar-refractivity contribution in [3.63, 3.8) is 0 Å². The molecular formula is C20H19NO3S. The summed E-state index contributed by atoms with van der Waals surface area (Å²) in [6, 6.07) is 15.0. The monoisotopic (exact) mass is 353 g/mol. The van der Waals surface area contributed by atoms with Gasteiger partial charge in [-0.2, -0.15) is 0 Å². The van der Waals surface area contributed by atoms with Crippen molar-refractivity contribution in [1.82, 2.24) is 4.98 Å². The van der Waals surface area contributed by atoms with Crippen molar-refractivity contribution in [1.29, 1.82) is 0 Å². The largest absolute Gasteiger partial charge is 0.486 e. The number of thiazole rings is 1. The van der Waals surface area contributed by atoms with Crippen molar-refractivity contribution in [2.24, 2.45) is 0 Å². The Labute approximate surface area is 151 Å². The Kier molecular flexibility index (Phi) is 5.46. The summed E-state index contributed by atoms with van der Waals surface area (Å²) in [4.78, 5) is 16.8. The van der Waals surface area contributed by atoms with Crippen LogP contribution >= 0.6 is 11.3 Å². The smallest absolute Gasteiger partial charge is 0.342 e. The zero-order valence-electron chi connectivity index (χ0n) is 14.2. The van der Waals surface area contributed by atoms with Gasteiger partial charge in [-0.3, -0.25) is 0 Å². The number of carbonyl (C=O) groups is 1. The average molecular weight is 353 g/mol. The number of ether oxygens (including phenoxy) is 2. The zero-order chi connectivity index (χ0) is 17.6. The first-order valence-corrected chi connectivity index (χ1v) is 8.86. The highest BCUT2D eigenvalue weighted by Crippen LogP contribution is 2.21. The van der Waals surface area contributed by atoms with Crippen LogP contribution in [0.3, 0.4) is 0 Å². The van der Waals surface area contributed by atoms with Crippen LogP contribution < -0.4 is 4.74 Å². The lowest BCUT2D eigenvalue weighted by Crippen LogP contribution is -2.09. The molecule has 3 rings (SSSR count). The van der Waals surface area contributed by atoms with Gasteiger partial charge in [0, 0.05) is 5.38 Å². The fourth-order valence-corrected chi connectivity index (χ4v) is 2.98. The predicted molar refractivity (Wildman–Crippen MR) is 97.9 cm³/mol. The molecule has 0 amide bonds. The Morgan fingerprint density at radius 2 is 1.80 bits per heavy atom. The third-order valence-corrected chi connectivity index (χ3v) is 4.59. The van der Waals surface area contributed by atoms with E-state index in [2.05, 4.69) is 4.98 Å². The molecule has 0 aliphatic rings. The average Bonchev–Trinajstić information content (AvgIpc) is 3.04. The van der Waals surface area contributed by atoms with Crippen molar-refractivity contribution >= 4 is 17.3 Å². The molecule has 2 aromatic carbocycles. The third-order valence-electron chi connectivity index (χ3n) is 3.77. The highest BCUT2D eigenvalue weighted by molar-refractivity contribution is 7.09. The quantitative estimate of drug-likeness (QED) is 0.603. The summed E-state index contributed by atoms with van der Waals surface area (Å²) in [5.41, 5.74) is 3.36. The maximum Gasteiger partial charge on any atom is 0.342 e. The van der Waals surface area contributed by atoms with Crippen LogP contribution in [0.2, 0.25) is 0 Å². The molecule has 25 heavy (non-hydrogen) atoms. The first kappa shape index (κ1) is 17.2. The molecule has 4 nitrogen and oxygen atoms in total. The third kappa shape index (κ3) is 4.45. The molecule has 0 saturated heterocycles. The summed E-state index contributed by atoms with van der Waals surface area (Å²) >= 11 is 1.57. The number of hydrogen-bond donors (Lipinski definition) is 0. The standard InChI is InChI=1S/C20H19NO3S/c1-14-7-3-4-8-16(14)11-24-20(22)18-9-5-6-10-19(18)23-12-17-13-25-15(2)21-17/h3-10,13H,11-12H2,1-2H3. The molecule has 0 atom stereocenters. The van der Waals surface area contributed by atoms with Crippen LogP contribution in [0.1, 0.15) is 32.2 Å². The van der Waals surface area contributed by atoms with Crippen LogP contribution in [0.4, 0.5) is 0 Å². The molecule has 3 aromatic rings. The predicted octanol–water partition coefficient (Wildman–Crippen LogP) is 4.70. The lowest BCUT2D eigenvalue weighted by atomic mass is 10.1. The molecule has 0 bridgehead atoms. The van der Waals surface area contributed by atoms with Gasteiger partial charge in [-0.25, -0.2) is 9.78 Å². The number of rotatable bonds is 6. The van der Waals surface area contributed by atoms with E-state index < -0.39 is 5.97 Å². The van der Waals surface area contributed by atoms with E-state index in [1.54, 1.807) is 29.5 Å². The first-order chi connectivity index (χ1) is 12.1. The van der Waals surface area contributed by atoms with Crippen LogP contribution in [0.15, 0.2) is 53.9 Å². The highest BCUT2D eigenvalue weighted by Gasteiger charge is 2.14. The maximum absolute atomic E-state index is 12.4. The Balaban J connectivity index is 1.67. The number of benzene rings is 2. The van der Waals surface area contributed by atoms with Crippen molar-refractivity contribution < 1.29 is 14.3 Å². The van der Waals surface area contributed by atoms with Crippen LogP contribution in [0.25, 0.3) is 0 Å². The second-order valence-corrected chi connectivity index (χ2v) is 6.71. The molecule has 0 saturated carbocycles. The van der Waals surface area contributed by atoms with Gasteiger partial charge >= 0.3 is 5.97 Å². The molecule has 0 N–H and O–H groups in total. The Morgan fingerprint density at radius 1 is 1.04 bits per heavy atom. The van der Waals surface area contributed by atoms with Gasteiger partial charge in [0.1, 0.15) is 24.5 Å². The summed E-state index contributed by atoms with van der Waals surface area (Å²) < 4.78 is 11.2. The molecular weight excluding hydrogens is 334 g/mol. The lowest BCUT2D eigenvalue weighted by molar-refractivity contribution is 0.0467. The first-order valence-electron chi connectivity index (χ1n) is 7.98. The molecule has 0 aliphatic carbocycles. The molecule has 1 heterocycles. The van der Waals surface area contributed by atoms with Gasteiger partial charge in [0.05, 0.1) is 10.7 Å². The summed E-state index contributed by atoms with van der Waals surface area (Å²) in [7, 11) is 0. The second kappa shape index (κ2) is 7.94. The molecule has 0 unspecified atom stereocenters. The van der Waals surface area contributed by atoms with Gasteiger partial charge in [0.25, 0.3) is 0 Å². The molecule has 0 spiro atoms. The Morgan fingerprint density at radius 3 is 2.56 bits per heavy atom. The number of aryl methyl sites for hydroxylation is 2. The topological polar surface area (TPSA) is 48.4 Å². The highest BCUT2D eigenvalue weighted by atomic mass is 32.1. The molecule has 128 valence electrons. The van der Waals surface area contributed by atoms with E-state index in [0.29, 0.717) is 17.9 Å². The van der Waals surface area contributed by atoms with E-state index in [4.69, 9.17) is 9.47 Å². The minimum atomic E-state index is -0.395. The van der Waals surface area contributed by atoms with Crippen molar-refractivity contribution in [2.45, 2.75) is 27.1 Å². The van der Waals surface area contributed by atoms with Crippen LogP contribution in [-0.2, 0) is 18.0 Å². The number of nitrogens with zero attached hydrogens (tertiary/aromatic N) is 1. The summed E-state index contributed by atoms with van der Waals surface area (Å²) in [6.45, 7) is 4.51. The number of esters is 1. The van der Waals surface area contributed by atoms with Crippen LogP contribution in [0.5, 0.6) is 5.75 Å². The molecule has 5 heteroatoms. The minimum absolute atomic E-state index is 0.241. The van der Waals surface area contributed by atoms with Gasteiger partial charge < -0.3 is 9.47 Å². The number of carbonyl (C=O) groups excluding carboxylic acids is 1. The van der Waals surface area contributed by atoms with Crippen LogP contribution in [-0.4, -0.2) is 11.0 Å². The van der Waals surface area contributed by atoms with Gasteiger partial charge in [-0.05, 0) is 37.1 Å². The van der Waals surface area contributed by atoms with Gasteiger partial charge in [-0.15, -0.1) is 11.3 Å². The molecule has 1 aromatic heterocycles. The summed E-state index contributed by atoms with van der Waals surface area (Å²) in [5, 5.41) is 2.94.